The highest BCUT2D eigenvalue weighted by molar-refractivity contribution is 7.90. The second-order valence-corrected chi connectivity index (χ2v) is 6.43. The highest BCUT2D eigenvalue weighted by Crippen LogP contribution is 2.24. The van der Waals surface area contributed by atoms with Gasteiger partial charge in [-0.05, 0) is 31.9 Å². The molecule has 1 aromatic heterocycles. The van der Waals surface area contributed by atoms with Gasteiger partial charge < -0.3 is 0 Å². The number of hydrogen-bond acceptors (Lipinski definition) is 3. The molecule has 2 rings (SSSR count). The van der Waals surface area contributed by atoms with Crippen LogP contribution in [0.1, 0.15) is 16.7 Å². The van der Waals surface area contributed by atoms with E-state index in [-0.39, 0.29) is 4.90 Å². The predicted octanol–water partition coefficient (Wildman–Crippen LogP) is 2.70. The van der Waals surface area contributed by atoms with E-state index < -0.39 is 10.0 Å². The topological polar surface area (TPSA) is 52.0 Å². The molecule has 0 saturated heterocycles. The number of aryl methyl sites for hydroxylation is 3. The largest absolute Gasteiger partial charge is 0.283 e. The molecule has 1 heterocycles. The standard InChI is InChI=1S/C12H13ClN2O2S/c1-8-4-9(2)12(10(3)5-8)18(16,17)15-7-11(13)6-14-15/h4-7H,1-3H3. The summed E-state index contributed by atoms with van der Waals surface area (Å²) < 4.78 is 25.8. The Balaban J connectivity index is 2.69. The molecule has 6 heteroatoms. The van der Waals surface area contributed by atoms with Gasteiger partial charge in [0.05, 0.1) is 22.3 Å². The average molecular weight is 285 g/mol. The molecule has 1 aromatic carbocycles. The molecule has 0 radical (unpaired) electrons. The molecule has 0 unspecified atom stereocenters. The molecular formula is C12H13ClN2O2S. The van der Waals surface area contributed by atoms with Crippen molar-refractivity contribution in [3.05, 3.63) is 46.2 Å². The van der Waals surface area contributed by atoms with Crippen molar-refractivity contribution in [1.82, 2.24) is 9.19 Å². The van der Waals surface area contributed by atoms with E-state index in [1.807, 2.05) is 19.1 Å². The summed E-state index contributed by atoms with van der Waals surface area (Å²) in [7, 11) is -3.68. The molecule has 0 aliphatic heterocycles. The van der Waals surface area contributed by atoms with Crippen LogP contribution in [0.25, 0.3) is 0 Å². The van der Waals surface area contributed by atoms with E-state index in [1.165, 1.54) is 12.4 Å². The summed E-state index contributed by atoms with van der Waals surface area (Å²) in [6.45, 7) is 5.48. The van der Waals surface area contributed by atoms with Gasteiger partial charge in [0.2, 0.25) is 0 Å². The first-order valence-electron chi connectivity index (χ1n) is 5.36. The monoisotopic (exact) mass is 284 g/mol. The van der Waals surface area contributed by atoms with Crippen molar-refractivity contribution < 1.29 is 8.42 Å². The van der Waals surface area contributed by atoms with E-state index in [4.69, 9.17) is 11.6 Å². The maximum absolute atomic E-state index is 12.4. The van der Waals surface area contributed by atoms with Crippen LogP contribution in [0.2, 0.25) is 5.02 Å². The lowest BCUT2D eigenvalue weighted by Crippen LogP contribution is -2.16. The number of aromatic nitrogens is 2. The molecular weight excluding hydrogens is 272 g/mol. The van der Waals surface area contributed by atoms with Crippen molar-refractivity contribution in [3.63, 3.8) is 0 Å². The Bertz CT molecular complexity index is 682. The molecule has 0 saturated carbocycles. The highest BCUT2D eigenvalue weighted by atomic mass is 35.5. The number of nitrogens with zero attached hydrogens (tertiary/aromatic N) is 2. The number of halogens is 1. The average Bonchev–Trinajstić information content (AvgIpc) is 2.63. The van der Waals surface area contributed by atoms with Crippen molar-refractivity contribution in [1.29, 1.82) is 0 Å². The minimum absolute atomic E-state index is 0.285. The van der Waals surface area contributed by atoms with Gasteiger partial charge in [0.1, 0.15) is 0 Å². The summed E-state index contributed by atoms with van der Waals surface area (Å²) in [5.41, 5.74) is 2.45. The van der Waals surface area contributed by atoms with Crippen LogP contribution in [0.3, 0.4) is 0 Å². The van der Waals surface area contributed by atoms with Crippen LogP contribution in [0.4, 0.5) is 0 Å². The molecule has 0 amide bonds. The third-order valence-corrected chi connectivity index (χ3v) is 4.68. The van der Waals surface area contributed by atoms with E-state index in [0.717, 1.165) is 9.65 Å². The van der Waals surface area contributed by atoms with Crippen molar-refractivity contribution in [3.8, 4) is 0 Å². The van der Waals surface area contributed by atoms with Crippen molar-refractivity contribution >= 4 is 21.6 Å². The molecule has 4 nitrogen and oxygen atoms in total. The summed E-state index contributed by atoms with van der Waals surface area (Å²) in [4.78, 5) is 0.285. The van der Waals surface area contributed by atoms with Gasteiger partial charge in [0.25, 0.3) is 10.0 Å². The fraction of sp³-hybridized carbons (Fsp3) is 0.250. The van der Waals surface area contributed by atoms with Crippen LogP contribution in [0, 0.1) is 20.8 Å². The first kappa shape index (κ1) is 13.1. The van der Waals surface area contributed by atoms with Crippen molar-refractivity contribution in [2.24, 2.45) is 0 Å². The molecule has 18 heavy (non-hydrogen) atoms. The minimum atomic E-state index is -3.68. The maximum Gasteiger partial charge on any atom is 0.283 e. The smallest absolute Gasteiger partial charge is 0.199 e. The third-order valence-electron chi connectivity index (χ3n) is 2.64. The Kier molecular flexibility index (Phi) is 3.21. The van der Waals surface area contributed by atoms with E-state index in [0.29, 0.717) is 16.1 Å². The molecule has 0 aliphatic carbocycles. The molecule has 0 N–H and O–H groups in total. The maximum atomic E-state index is 12.4. The van der Waals surface area contributed by atoms with Gasteiger partial charge >= 0.3 is 0 Å². The first-order chi connectivity index (χ1) is 8.32. The fourth-order valence-electron chi connectivity index (χ4n) is 2.08. The minimum Gasteiger partial charge on any atom is -0.199 e. The molecule has 0 bridgehead atoms. The van der Waals surface area contributed by atoms with Crippen LogP contribution >= 0.6 is 11.6 Å². The van der Waals surface area contributed by atoms with Crippen LogP contribution in [-0.4, -0.2) is 17.6 Å². The van der Waals surface area contributed by atoms with Gasteiger partial charge in [-0.3, -0.25) is 0 Å². The SMILES string of the molecule is Cc1cc(C)c(S(=O)(=O)n2cc(Cl)cn2)c(C)c1. The van der Waals surface area contributed by atoms with Crippen LogP contribution in [-0.2, 0) is 10.0 Å². The zero-order chi connectivity index (χ0) is 13.5. The van der Waals surface area contributed by atoms with E-state index in [9.17, 15) is 8.42 Å². The van der Waals surface area contributed by atoms with E-state index in [2.05, 4.69) is 5.10 Å². The molecule has 96 valence electrons. The Morgan fingerprint density at radius 1 is 1.17 bits per heavy atom. The third kappa shape index (κ3) is 2.15. The molecule has 0 aliphatic rings. The summed E-state index contributed by atoms with van der Waals surface area (Å²) in [6.07, 6.45) is 2.59. The number of hydrogen-bond donors (Lipinski definition) is 0. The Morgan fingerprint density at radius 3 is 2.17 bits per heavy atom. The van der Waals surface area contributed by atoms with Gasteiger partial charge in [-0.15, -0.1) is 0 Å². The van der Waals surface area contributed by atoms with Crippen LogP contribution in [0.5, 0.6) is 0 Å². The summed E-state index contributed by atoms with van der Waals surface area (Å²) >= 11 is 5.71. The van der Waals surface area contributed by atoms with Gasteiger partial charge in [0.15, 0.2) is 0 Å². The van der Waals surface area contributed by atoms with Crippen LogP contribution in [0.15, 0.2) is 29.4 Å². The zero-order valence-corrected chi connectivity index (χ0v) is 11.9. The lowest BCUT2D eigenvalue weighted by molar-refractivity contribution is 0.579. The normalized spacial score (nSPS) is 11.8. The zero-order valence-electron chi connectivity index (χ0n) is 10.3. The van der Waals surface area contributed by atoms with Crippen molar-refractivity contribution in [2.45, 2.75) is 25.7 Å². The number of rotatable bonds is 2. The molecule has 2 aromatic rings. The second kappa shape index (κ2) is 4.40. The highest BCUT2D eigenvalue weighted by Gasteiger charge is 2.22. The summed E-state index contributed by atoms with van der Waals surface area (Å²) in [5, 5.41) is 4.06. The Labute approximate surface area is 111 Å². The van der Waals surface area contributed by atoms with E-state index >= 15 is 0 Å². The van der Waals surface area contributed by atoms with Gasteiger partial charge in [-0.2, -0.15) is 17.6 Å². The van der Waals surface area contributed by atoms with E-state index in [1.54, 1.807) is 13.8 Å². The molecule has 0 fully saturated rings. The predicted molar refractivity (Wildman–Crippen MR) is 70.5 cm³/mol. The lowest BCUT2D eigenvalue weighted by atomic mass is 10.1. The fourth-order valence-corrected chi connectivity index (χ4v) is 3.82. The summed E-state index contributed by atoms with van der Waals surface area (Å²) in [5.74, 6) is 0. The Hall–Kier alpha value is -1.33. The number of benzene rings is 1. The van der Waals surface area contributed by atoms with Crippen LogP contribution < -0.4 is 0 Å². The van der Waals surface area contributed by atoms with Gasteiger partial charge in [0, 0.05) is 0 Å². The van der Waals surface area contributed by atoms with Gasteiger partial charge in [-0.1, -0.05) is 29.3 Å². The quantitative estimate of drug-likeness (QED) is 0.852. The summed E-state index contributed by atoms with van der Waals surface area (Å²) in [6, 6.07) is 3.68. The van der Waals surface area contributed by atoms with Gasteiger partial charge in [-0.25, -0.2) is 0 Å². The lowest BCUT2D eigenvalue weighted by Gasteiger charge is -2.11. The van der Waals surface area contributed by atoms with Crippen molar-refractivity contribution in [2.75, 3.05) is 0 Å². The molecule has 0 spiro atoms. The second-order valence-electron chi connectivity index (χ2n) is 4.26. The Morgan fingerprint density at radius 2 is 1.72 bits per heavy atom. The molecule has 0 atom stereocenters. The first-order valence-corrected chi connectivity index (χ1v) is 7.18.